The summed E-state index contributed by atoms with van der Waals surface area (Å²) in [7, 11) is 0. The number of fused-ring (bicyclic) bond motifs is 1. The maximum absolute atomic E-state index is 12.3. The van der Waals surface area contributed by atoms with E-state index in [-0.39, 0.29) is 36.3 Å². The highest BCUT2D eigenvalue weighted by molar-refractivity contribution is 7.22. The standard InChI is InChI=1S/C34H37N5O4S/c1-2-4-27(40)11-12-31(42)35-25-13-15-38(16-14-25)26-9-7-23(8-10-26)30-22-29-32(44-30)34(39-17-19-43-20-18-39)37-33(36-29)24-5-3-6-28(41)21-24/h2-10,21-22,25,41H,11-20H2,1H3,(H,35,42)/b4-2+. The molecule has 6 rings (SSSR count). The van der Waals surface area contributed by atoms with E-state index in [4.69, 9.17) is 14.7 Å². The zero-order valence-electron chi connectivity index (χ0n) is 24.9. The van der Waals surface area contributed by atoms with Gasteiger partial charge < -0.3 is 25.0 Å². The molecule has 2 aromatic heterocycles. The highest BCUT2D eigenvalue weighted by atomic mass is 32.1. The number of hydrogen-bond donors (Lipinski definition) is 2. The third-order valence-electron chi connectivity index (χ3n) is 8.10. The second-order valence-electron chi connectivity index (χ2n) is 11.2. The molecule has 0 saturated carbocycles. The summed E-state index contributed by atoms with van der Waals surface area (Å²) in [5.74, 6) is 1.62. The van der Waals surface area contributed by atoms with Crippen molar-refractivity contribution in [2.75, 3.05) is 49.2 Å². The number of amides is 1. The van der Waals surface area contributed by atoms with Gasteiger partial charge in [0.15, 0.2) is 17.4 Å². The largest absolute Gasteiger partial charge is 0.508 e. The van der Waals surface area contributed by atoms with Crippen molar-refractivity contribution in [2.24, 2.45) is 0 Å². The van der Waals surface area contributed by atoms with E-state index in [1.165, 1.54) is 6.08 Å². The van der Waals surface area contributed by atoms with E-state index in [2.05, 4.69) is 45.4 Å². The molecule has 2 aliphatic rings. The number of nitrogens with one attached hydrogen (secondary N) is 1. The SMILES string of the molecule is C/C=C/C(=O)CCC(=O)NC1CCN(c2ccc(-c3cc4nc(-c5cccc(O)c5)nc(N5CCOCC5)c4s3)cc2)CC1. The summed E-state index contributed by atoms with van der Waals surface area (Å²) >= 11 is 1.70. The maximum Gasteiger partial charge on any atom is 0.220 e. The topological polar surface area (TPSA) is 108 Å². The monoisotopic (exact) mass is 611 g/mol. The number of anilines is 2. The maximum atomic E-state index is 12.3. The molecule has 0 spiro atoms. The van der Waals surface area contributed by atoms with Crippen LogP contribution in [0.25, 0.3) is 32.0 Å². The Balaban J connectivity index is 1.15. The zero-order chi connectivity index (χ0) is 30.5. The molecule has 0 radical (unpaired) electrons. The van der Waals surface area contributed by atoms with E-state index in [1.54, 1.807) is 36.5 Å². The van der Waals surface area contributed by atoms with Crippen molar-refractivity contribution in [3.63, 3.8) is 0 Å². The van der Waals surface area contributed by atoms with Gasteiger partial charge in [0.2, 0.25) is 5.91 Å². The van der Waals surface area contributed by atoms with Crippen LogP contribution in [-0.2, 0) is 14.3 Å². The van der Waals surface area contributed by atoms with Crippen molar-refractivity contribution in [1.29, 1.82) is 0 Å². The first kappa shape index (κ1) is 29.8. The van der Waals surface area contributed by atoms with Gasteiger partial charge in [0.25, 0.3) is 0 Å². The van der Waals surface area contributed by atoms with Crippen LogP contribution in [0.2, 0.25) is 0 Å². The van der Waals surface area contributed by atoms with E-state index < -0.39 is 0 Å². The zero-order valence-corrected chi connectivity index (χ0v) is 25.7. The molecule has 2 N–H and O–H groups in total. The van der Waals surface area contributed by atoms with Gasteiger partial charge in [-0.1, -0.05) is 30.3 Å². The Bertz CT molecular complexity index is 1650. The number of thiophene rings is 1. The molecule has 44 heavy (non-hydrogen) atoms. The van der Waals surface area contributed by atoms with Crippen molar-refractivity contribution in [2.45, 2.75) is 38.6 Å². The Hall–Kier alpha value is -4.28. The van der Waals surface area contributed by atoms with E-state index in [1.807, 2.05) is 12.1 Å². The minimum absolute atomic E-state index is 0.0138. The van der Waals surface area contributed by atoms with Crippen molar-refractivity contribution in [3.05, 3.63) is 66.7 Å². The van der Waals surface area contributed by atoms with E-state index in [0.717, 1.165) is 76.7 Å². The predicted molar refractivity (Wildman–Crippen MR) is 175 cm³/mol. The first-order chi connectivity index (χ1) is 21.5. The molecule has 0 unspecified atom stereocenters. The quantitative estimate of drug-likeness (QED) is 0.236. The van der Waals surface area contributed by atoms with Gasteiger partial charge in [-0.15, -0.1) is 11.3 Å². The van der Waals surface area contributed by atoms with Crippen LogP contribution in [0, 0.1) is 0 Å². The molecule has 4 heterocycles. The molecular weight excluding hydrogens is 574 g/mol. The summed E-state index contributed by atoms with van der Waals surface area (Å²) in [6, 6.07) is 18.0. The van der Waals surface area contributed by atoms with Crippen molar-refractivity contribution in [3.8, 4) is 27.6 Å². The van der Waals surface area contributed by atoms with E-state index in [0.29, 0.717) is 19.0 Å². The van der Waals surface area contributed by atoms with Gasteiger partial charge >= 0.3 is 0 Å². The van der Waals surface area contributed by atoms with Crippen molar-refractivity contribution >= 4 is 44.7 Å². The van der Waals surface area contributed by atoms with Crippen LogP contribution < -0.4 is 15.1 Å². The van der Waals surface area contributed by atoms with Crippen molar-refractivity contribution in [1.82, 2.24) is 15.3 Å². The molecule has 2 fully saturated rings. The highest BCUT2D eigenvalue weighted by Gasteiger charge is 2.23. The van der Waals surface area contributed by atoms with Crippen LogP contribution in [-0.4, -0.2) is 72.2 Å². The van der Waals surface area contributed by atoms with Gasteiger partial charge in [-0.3, -0.25) is 9.59 Å². The number of ether oxygens (including phenoxy) is 1. The highest BCUT2D eigenvalue weighted by Crippen LogP contribution is 2.39. The third-order valence-corrected chi connectivity index (χ3v) is 9.27. The van der Waals surface area contributed by atoms with Gasteiger partial charge in [-0.25, -0.2) is 9.97 Å². The lowest BCUT2D eigenvalue weighted by molar-refractivity contribution is -0.124. The molecule has 9 nitrogen and oxygen atoms in total. The van der Waals surface area contributed by atoms with E-state index in [9.17, 15) is 14.7 Å². The fourth-order valence-corrected chi connectivity index (χ4v) is 6.86. The van der Waals surface area contributed by atoms with Gasteiger partial charge in [-0.2, -0.15) is 0 Å². The first-order valence-corrected chi connectivity index (χ1v) is 16.0. The Morgan fingerprint density at radius 1 is 0.977 bits per heavy atom. The summed E-state index contributed by atoms with van der Waals surface area (Å²) in [5, 5.41) is 13.2. The average Bonchev–Trinajstić information content (AvgIpc) is 3.49. The van der Waals surface area contributed by atoms with Gasteiger partial charge in [0, 0.05) is 61.2 Å². The summed E-state index contributed by atoms with van der Waals surface area (Å²) in [5.41, 5.74) is 3.95. The lowest BCUT2D eigenvalue weighted by atomic mass is 10.0. The number of phenols is 1. The number of aromatic hydroxyl groups is 1. The fourth-order valence-electron chi connectivity index (χ4n) is 5.75. The Morgan fingerprint density at radius 2 is 1.75 bits per heavy atom. The molecule has 4 aromatic rings. The molecule has 10 heteroatoms. The minimum atomic E-state index is -0.0514. The minimum Gasteiger partial charge on any atom is -0.508 e. The van der Waals surface area contributed by atoms with Gasteiger partial charge in [-0.05, 0) is 61.7 Å². The molecular formula is C34H37N5O4S. The summed E-state index contributed by atoms with van der Waals surface area (Å²) < 4.78 is 6.64. The smallest absolute Gasteiger partial charge is 0.220 e. The molecule has 2 saturated heterocycles. The number of carbonyl (C=O) groups is 2. The molecule has 228 valence electrons. The molecule has 2 aliphatic heterocycles. The molecule has 2 aromatic carbocycles. The lowest BCUT2D eigenvalue weighted by Gasteiger charge is -2.34. The number of morpholine rings is 1. The summed E-state index contributed by atoms with van der Waals surface area (Å²) in [6.07, 6.45) is 5.45. The molecule has 0 bridgehead atoms. The number of phenolic OH excluding ortho intramolecular Hbond substituents is 1. The fraction of sp³-hybridized carbons (Fsp3) is 0.353. The summed E-state index contributed by atoms with van der Waals surface area (Å²) in [6.45, 7) is 6.38. The Kier molecular flexibility index (Phi) is 9.18. The van der Waals surface area contributed by atoms with Crippen LogP contribution >= 0.6 is 11.3 Å². The third kappa shape index (κ3) is 6.92. The average molecular weight is 612 g/mol. The predicted octanol–water partition coefficient (Wildman–Crippen LogP) is 5.58. The number of allylic oxidation sites excluding steroid dienone is 2. The van der Waals surface area contributed by atoms with Gasteiger partial charge in [0.1, 0.15) is 5.75 Å². The summed E-state index contributed by atoms with van der Waals surface area (Å²) in [4.78, 5) is 39.6. The number of benzene rings is 2. The number of aromatic nitrogens is 2. The van der Waals surface area contributed by atoms with Crippen LogP contribution in [0.5, 0.6) is 5.75 Å². The molecule has 0 aliphatic carbocycles. The number of carbonyl (C=O) groups excluding carboxylic acids is 2. The normalized spacial score (nSPS) is 16.1. The molecule has 0 atom stereocenters. The van der Waals surface area contributed by atoms with E-state index >= 15 is 0 Å². The second kappa shape index (κ2) is 13.6. The van der Waals surface area contributed by atoms with Crippen LogP contribution in [0.4, 0.5) is 11.5 Å². The lowest BCUT2D eigenvalue weighted by Crippen LogP contribution is -2.44. The van der Waals surface area contributed by atoms with Gasteiger partial charge in [0.05, 0.1) is 23.4 Å². The van der Waals surface area contributed by atoms with Crippen LogP contribution in [0.3, 0.4) is 0 Å². The number of ketones is 1. The second-order valence-corrected chi connectivity index (χ2v) is 12.2. The number of piperidine rings is 1. The molecule has 1 amide bonds. The Morgan fingerprint density at radius 3 is 2.48 bits per heavy atom. The Labute approximate surface area is 261 Å². The van der Waals surface area contributed by atoms with Crippen LogP contribution in [0.1, 0.15) is 32.6 Å². The number of hydrogen-bond acceptors (Lipinski definition) is 9. The van der Waals surface area contributed by atoms with Crippen LogP contribution in [0.15, 0.2) is 66.7 Å². The number of nitrogens with zero attached hydrogens (tertiary/aromatic N) is 4. The first-order valence-electron chi connectivity index (χ1n) is 15.2. The van der Waals surface area contributed by atoms with Crippen molar-refractivity contribution < 1.29 is 19.4 Å². The number of rotatable bonds is 9.